The summed E-state index contributed by atoms with van der Waals surface area (Å²) in [5.41, 5.74) is 7.80. The molecule has 56 heavy (non-hydrogen) atoms. The molecule has 0 amide bonds. The number of esters is 2. The van der Waals surface area contributed by atoms with Gasteiger partial charge in [-0.15, -0.1) is 11.8 Å². The van der Waals surface area contributed by atoms with Crippen LogP contribution >= 0.6 is 11.8 Å². The van der Waals surface area contributed by atoms with Crippen molar-refractivity contribution in [3.05, 3.63) is 75.4 Å². The molecule has 9 heterocycles. The van der Waals surface area contributed by atoms with Crippen LogP contribution in [0.25, 0.3) is 11.0 Å². The molecule has 4 saturated heterocycles. The number of methoxy groups -OCH3 is 1. The molecule has 9 aliphatic rings. The average molecular weight is 787 g/mol. The summed E-state index contributed by atoms with van der Waals surface area (Å²) in [4.78, 5) is 32.2. The highest BCUT2D eigenvalue weighted by molar-refractivity contribution is 7.99. The minimum absolute atomic E-state index is 0.0511. The van der Waals surface area contributed by atoms with E-state index in [1.807, 2.05) is 45.2 Å². The molecule has 1 aliphatic carbocycles. The molecule has 296 valence electrons. The van der Waals surface area contributed by atoms with Gasteiger partial charge < -0.3 is 44.0 Å². The molecule has 4 fully saturated rings. The maximum Gasteiger partial charge on any atom is 0.335 e. The number of carbonyl (C=O) groups is 2. The number of para-hydroxylation sites is 1. The number of ether oxygens (including phenoxy) is 5. The van der Waals surface area contributed by atoms with Gasteiger partial charge in [0.15, 0.2) is 22.8 Å². The Morgan fingerprint density at radius 1 is 1.14 bits per heavy atom. The van der Waals surface area contributed by atoms with Gasteiger partial charge in [-0.25, -0.2) is 4.79 Å². The number of allylic oxidation sites excluding steroid dienone is 2. The molecule has 12 rings (SSSR count). The first-order valence-corrected chi connectivity index (χ1v) is 20.2. The van der Waals surface area contributed by atoms with E-state index < -0.39 is 46.5 Å². The molecule has 1 spiro atoms. The van der Waals surface area contributed by atoms with Gasteiger partial charge in [0, 0.05) is 77.4 Å². The number of aliphatic hydroxyl groups excluding tert-OH is 1. The van der Waals surface area contributed by atoms with E-state index in [0.29, 0.717) is 63.9 Å². The molecular formula is C41H46N4O10S. The lowest BCUT2D eigenvalue weighted by Crippen LogP contribution is -2.72. The van der Waals surface area contributed by atoms with Crippen LogP contribution in [0.2, 0.25) is 0 Å². The number of thioether (sulfide) groups is 1. The number of benzene rings is 2. The summed E-state index contributed by atoms with van der Waals surface area (Å²) in [5.74, 6) is 0.716. The van der Waals surface area contributed by atoms with Crippen LogP contribution in [0.3, 0.4) is 0 Å². The molecule has 2 aromatic carbocycles. The summed E-state index contributed by atoms with van der Waals surface area (Å²) in [5, 5.41) is 29.3. The molecule has 0 saturated carbocycles. The third kappa shape index (κ3) is 4.81. The fourth-order valence-corrected chi connectivity index (χ4v) is 12.9. The SMILES string of the molecule is COC1=C(O)C2C(C=C1C)CC1(O)CN(C)[C@@H]2[C@@H]2[C@@H]3SC[C@]4(N[C@@H](CN)Cc5c4oc4ccccc54)C(=O)OCC(c4c5c(c(C)c(OC(C)=O)c43)OCO5)N21. The van der Waals surface area contributed by atoms with Gasteiger partial charge in [0.2, 0.25) is 6.79 Å². The van der Waals surface area contributed by atoms with Crippen LogP contribution in [0.5, 0.6) is 17.2 Å². The Balaban J connectivity index is 1.24. The molecule has 0 radical (unpaired) electrons. The van der Waals surface area contributed by atoms with Gasteiger partial charge in [0.05, 0.1) is 18.4 Å². The summed E-state index contributed by atoms with van der Waals surface area (Å²) < 4.78 is 37.4. The van der Waals surface area contributed by atoms with E-state index in [1.54, 1.807) is 7.11 Å². The number of carbonyl (C=O) groups excluding carboxylic acids is 2. The van der Waals surface area contributed by atoms with Crippen LogP contribution in [0.15, 0.2) is 51.9 Å². The van der Waals surface area contributed by atoms with Crippen LogP contribution in [0.1, 0.15) is 59.6 Å². The van der Waals surface area contributed by atoms with Crippen LogP contribution in [-0.2, 0) is 31.0 Å². The third-order valence-electron chi connectivity index (χ3n) is 13.2. The normalized spacial score (nSPS) is 35.6. The summed E-state index contributed by atoms with van der Waals surface area (Å²) >= 11 is 1.50. The Bertz CT molecular complexity index is 2270. The number of nitrogens with zero attached hydrogens (tertiary/aromatic N) is 2. The highest BCUT2D eigenvalue weighted by atomic mass is 32.2. The van der Waals surface area contributed by atoms with Gasteiger partial charge in [0.1, 0.15) is 35.2 Å². The minimum Gasteiger partial charge on any atom is -0.508 e. The summed E-state index contributed by atoms with van der Waals surface area (Å²) in [6.45, 7) is 5.42. The predicted octanol–water partition coefficient (Wildman–Crippen LogP) is 3.83. The molecule has 14 nitrogen and oxygen atoms in total. The lowest BCUT2D eigenvalue weighted by atomic mass is 9.73. The van der Waals surface area contributed by atoms with Crippen LogP contribution in [0.4, 0.5) is 0 Å². The molecular weight excluding hydrogens is 741 g/mol. The fourth-order valence-electron chi connectivity index (χ4n) is 11.2. The van der Waals surface area contributed by atoms with Crippen molar-refractivity contribution < 1.29 is 47.9 Å². The van der Waals surface area contributed by atoms with Crippen molar-refractivity contribution in [3.8, 4) is 17.2 Å². The van der Waals surface area contributed by atoms with Crippen molar-refractivity contribution in [2.45, 2.75) is 74.3 Å². The molecule has 10 atom stereocenters. The highest BCUT2D eigenvalue weighted by Gasteiger charge is 2.66. The van der Waals surface area contributed by atoms with Crippen molar-refractivity contribution in [2.75, 3.05) is 46.4 Å². The van der Waals surface area contributed by atoms with E-state index in [-0.39, 0.29) is 56.0 Å². The van der Waals surface area contributed by atoms with Gasteiger partial charge >= 0.3 is 11.9 Å². The van der Waals surface area contributed by atoms with Gasteiger partial charge in [-0.05, 0) is 51.3 Å². The Morgan fingerprint density at radius 2 is 1.93 bits per heavy atom. The number of aliphatic hydroxyl groups is 2. The van der Waals surface area contributed by atoms with Gasteiger partial charge in [-0.2, -0.15) is 0 Å². The van der Waals surface area contributed by atoms with Gasteiger partial charge in [-0.1, -0.05) is 24.3 Å². The predicted molar refractivity (Wildman–Crippen MR) is 204 cm³/mol. The zero-order valence-corrected chi connectivity index (χ0v) is 32.7. The van der Waals surface area contributed by atoms with Crippen molar-refractivity contribution in [1.82, 2.24) is 15.1 Å². The molecule has 1 aromatic heterocycles. The van der Waals surface area contributed by atoms with Crippen molar-refractivity contribution >= 4 is 34.7 Å². The molecule has 5 unspecified atom stereocenters. The van der Waals surface area contributed by atoms with Crippen molar-refractivity contribution in [1.29, 1.82) is 0 Å². The van der Waals surface area contributed by atoms with E-state index in [1.165, 1.54) is 18.7 Å². The maximum atomic E-state index is 15.0. The Labute approximate surface area is 327 Å². The van der Waals surface area contributed by atoms with E-state index in [2.05, 4.69) is 21.2 Å². The van der Waals surface area contributed by atoms with E-state index in [4.69, 9.17) is 33.8 Å². The molecule has 5 N–H and O–H groups in total. The zero-order chi connectivity index (χ0) is 39.0. The number of hydrogen-bond donors (Lipinski definition) is 4. The summed E-state index contributed by atoms with van der Waals surface area (Å²) in [7, 11) is 3.54. The smallest absolute Gasteiger partial charge is 0.335 e. The zero-order valence-electron chi connectivity index (χ0n) is 31.9. The Morgan fingerprint density at radius 3 is 2.70 bits per heavy atom. The first-order chi connectivity index (χ1) is 26.9. The van der Waals surface area contributed by atoms with Crippen LogP contribution in [0, 0.1) is 18.8 Å². The first-order valence-electron chi connectivity index (χ1n) is 19.2. The number of hydrogen-bond acceptors (Lipinski definition) is 15. The molecule has 4 bridgehead atoms. The Hall–Kier alpha value is -4.25. The average Bonchev–Trinajstić information content (AvgIpc) is 3.76. The quantitative estimate of drug-likeness (QED) is 0.222. The van der Waals surface area contributed by atoms with E-state index >= 15 is 0 Å². The molecule has 8 aliphatic heterocycles. The Kier molecular flexibility index (Phi) is 8.14. The van der Waals surface area contributed by atoms with Crippen molar-refractivity contribution in [2.24, 2.45) is 17.6 Å². The third-order valence-corrected chi connectivity index (χ3v) is 14.7. The molecule has 15 heteroatoms. The summed E-state index contributed by atoms with van der Waals surface area (Å²) in [6.07, 6.45) is 2.95. The topological polar surface area (TPSA) is 178 Å². The van der Waals surface area contributed by atoms with Gasteiger partial charge in [-0.3, -0.25) is 19.9 Å². The number of nitrogens with two attached hydrogens (primary N) is 1. The number of piperazine rings is 1. The van der Waals surface area contributed by atoms with Gasteiger partial charge in [0.25, 0.3) is 0 Å². The summed E-state index contributed by atoms with van der Waals surface area (Å²) in [6, 6.07) is 5.81. The second-order valence-electron chi connectivity index (χ2n) is 16.3. The second-order valence-corrected chi connectivity index (χ2v) is 17.5. The maximum absolute atomic E-state index is 15.0. The lowest BCUT2D eigenvalue weighted by Gasteiger charge is -2.61. The fraction of sp³-hybridized carbons (Fsp3) is 0.512. The standard InChI is InChI=1S/C41H46N4O10S/c1-18-10-21-12-40(49)15-44(4)30(27(21)32(47)33(18)50-5)31-37-29-28(36-35(52-17-53-36)19(2)34(29)54-20(3)46)25(45(31)40)14-51-39(48)41(16-56-37)38-24(11-22(13-42)43-41)23-8-6-7-9-26(23)55-38/h6-10,21-22,25,27,30-31,37,43,47,49H,11-17,42H2,1-5H3/t21?,22-,25?,27?,30+,31-,37-,40?,41-/m1/s1. The number of rotatable bonds is 3. The van der Waals surface area contributed by atoms with Crippen LogP contribution in [-0.4, -0.2) is 102 Å². The largest absolute Gasteiger partial charge is 0.508 e. The number of furan rings is 1. The minimum atomic E-state index is -1.46. The first kappa shape index (κ1) is 36.1. The van der Waals surface area contributed by atoms with E-state index in [9.17, 15) is 19.8 Å². The lowest BCUT2D eigenvalue weighted by molar-refractivity contribution is -0.214. The molecule has 3 aromatic rings. The van der Waals surface area contributed by atoms with E-state index in [0.717, 1.165) is 16.5 Å². The van der Waals surface area contributed by atoms with Crippen molar-refractivity contribution in [3.63, 3.8) is 0 Å². The highest BCUT2D eigenvalue weighted by Crippen LogP contribution is 2.64. The number of fused-ring (bicyclic) bond motifs is 8. The van der Waals surface area contributed by atoms with Crippen LogP contribution < -0.4 is 25.3 Å². The second kappa shape index (κ2) is 12.6. The monoisotopic (exact) mass is 786 g/mol. The number of nitrogens with one attached hydrogen (secondary N) is 1. The number of likely N-dealkylation sites (N-methyl/N-ethyl adjacent to an activating group) is 1.